The van der Waals surface area contributed by atoms with Crippen LogP contribution in [0.1, 0.15) is 15.9 Å². The van der Waals surface area contributed by atoms with Crippen LogP contribution >= 0.6 is 0 Å². The Bertz CT molecular complexity index is 1230. The van der Waals surface area contributed by atoms with Crippen molar-refractivity contribution in [2.75, 3.05) is 69.3 Å². The second kappa shape index (κ2) is 10.2. The first-order valence-corrected chi connectivity index (χ1v) is 12.8. The molecule has 2 aromatic rings. The summed E-state index contributed by atoms with van der Waals surface area (Å²) in [5.41, 5.74) is -0.191. The number of ether oxygens (including phenoxy) is 1. The number of hydrogen-bond donors (Lipinski definition) is 1. The lowest BCUT2D eigenvalue weighted by Gasteiger charge is -2.37. The van der Waals surface area contributed by atoms with Crippen molar-refractivity contribution in [3.63, 3.8) is 0 Å². The van der Waals surface area contributed by atoms with Crippen molar-refractivity contribution in [1.82, 2.24) is 9.62 Å². The Labute approximate surface area is 206 Å². The number of piperazine rings is 1. The molecule has 0 spiro atoms. The van der Waals surface area contributed by atoms with Gasteiger partial charge in [0, 0.05) is 50.6 Å². The lowest BCUT2D eigenvalue weighted by atomic mass is 10.1. The lowest BCUT2D eigenvalue weighted by molar-refractivity contribution is -0.139. The molecule has 2 fully saturated rings. The number of carbonyl (C=O) groups excluding carboxylic acids is 1. The van der Waals surface area contributed by atoms with Gasteiger partial charge in [0.1, 0.15) is 5.82 Å². The summed E-state index contributed by atoms with van der Waals surface area (Å²) in [6.45, 7) is 3.06. The van der Waals surface area contributed by atoms with Crippen LogP contribution in [0.3, 0.4) is 0 Å². The van der Waals surface area contributed by atoms with E-state index < -0.39 is 27.6 Å². The van der Waals surface area contributed by atoms with Gasteiger partial charge in [0.05, 0.1) is 29.2 Å². The van der Waals surface area contributed by atoms with Gasteiger partial charge >= 0.3 is 6.18 Å². The number of hydrogen-bond acceptors (Lipinski definition) is 6. The van der Waals surface area contributed by atoms with Crippen LogP contribution in [0.5, 0.6) is 0 Å². The number of anilines is 2. The molecule has 2 aliphatic rings. The molecule has 0 aliphatic carbocycles. The summed E-state index contributed by atoms with van der Waals surface area (Å²) in [5, 5.41) is 0. The van der Waals surface area contributed by atoms with Gasteiger partial charge in [-0.15, -0.1) is 0 Å². The highest BCUT2D eigenvalue weighted by Crippen LogP contribution is 2.33. The number of alkyl halides is 3. The minimum Gasteiger partial charge on any atom is -0.378 e. The molecule has 0 aromatic heterocycles. The second-order valence-corrected chi connectivity index (χ2v) is 10.3. The first kappa shape index (κ1) is 26.2. The van der Waals surface area contributed by atoms with Gasteiger partial charge in [-0.3, -0.25) is 4.79 Å². The van der Waals surface area contributed by atoms with Gasteiger partial charge in [-0.2, -0.15) is 13.2 Å². The first-order valence-electron chi connectivity index (χ1n) is 11.3. The van der Waals surface area contributed by atoms with Gasteiger partial charge in [0.15, 0.2) is 0 Å². The van der Waals surface area contributed by atoms with Crippen molar-refractivity contribution in [2.45, 2.75) is 11.1 Å². The molecular weight excluding hydrogens is 504 g/mol. The van der Waals surface area contributed by atoms with E-state index in [9.17, 15) is 30.8 Å². The third kappa shape index (κ3) is 5.42. The highest BCUT2D eigenvalue weighted by molar-refractivity contribution is 7.89. The van der Waals surface area contributed by atoms with Crippen molar-refractivity contribution in [2.24, 2.45) is 0 Å². The summed E-state index contributed by atoms with van der Waals surface area (Å²) in [5.74, 6) is -1.71. The molecule has 196 valence electrons. The maximum absolute atomic E-state index is 14.0. The number of carbonyl (C=O) groups is 1. The van der Waals surface area contributed by atoms with Gasteiger partial charge in [0.2, 0.25) is 10.0 Å². The number of sulfonamides is 1. The molecule has 8 nitrogen and oxygen atoms in total. The van der Waals surface area contributed by atoms with E-state index in [0.717, 1.165) is 6.07 Å². The van der Waals surface area contributed by atoms with Gasteiger partial charge in [-0.1, -0.05) is 0 Å². The minimum absolute atomic E-state index is 0.0378. The largest absolute Gasteiger partial charge is 0.419 e. The third-order valence-corrected chi connectivity index (χ3v) is 7.73. The zero-order valence-electron chi connectivity index (χ0n) is 19.5. The van der Waals surface area contributed by atoms with E-state index in [-0.39, 0.29) is 42.5 Å². The van der Waals surface area contributed by atoms with Crippen LogP contribution < -0.4 is 14.5 Å². The van der Waals surface area contributed by atoms with Gasteiger partial charge in [-0.05, 0) is 43.4 Å². The van der Waals surface area contributed by atoms with E-state index in [1.807, 2.05) is 4.90 Å². The summed E-state index contributed by atoms with van der Waals surface area (Å²) in [4.78, 5) is 18.7. The first-order chi connectivity index (χ1) is 17.0. The Morgan fingerprint density at radius 2 is 1.61 bits per heavy atom. The highest BCUT2D eigenvalue weighted by atomic mass is 32.2. The number of halogens is 4. The minimum atomic E-state index is -4.78. The van der Waals surface area contributed by atoms with Crippen LogP contribution in [0.25, 0.3) is 0 Å². The van der Waals surface area contributed by atoms with Crippen molar-refractivity contribution in [3.05, 3.63) is 53.3 Å². The fraction of sp³-hybridized carbons (Fsp3) is 0.435. The third-order valence-electron chi connectivity index (χ3n) is 6.32. The molecule has 13 heteroatoms. The molecule has 1 amide bonds. The molecule has 2 aliphatic heterocycles. The highest BCUT2D eigenvalue weighted by Gasteiger charge is 2.34. The molecule has 0 radical (unpaired) electrons. The molecule has 36 heavy (non-hydrogen) atoms. The number of nitrogens with zero attached hydrogens (tertiary/aromatic N) is 3. The Kier molecular flexibility index (Phi) is 7.43. The molecule has 0 atom stereocenters. The van der Waals surface area contributed by atoms with Crippen LogP contribution in [0.4, 0.5) is 28.9 Å². The van der Waals surface area contributed by atoms with E-state index in [2.05, 4.69) is 4.72 Å². The quantitative estimate of drug-likeness (QED) is 0.599. The zero-order chi connectivity index (χ0) is 26.1. The smallest absolute Gasteiger partial charge is 0.378 e. The van der Waals surface area contributed by atoms with E-state index in [1.165, 1.54) is 25.2 Å². The summed E-state index contributed by atoms with van der Waals surface area (Å²) in [6.07, 6.45) is -4.78. The average Bonchev–Trinajstić information content (AvgIpc) is 2.87. The Morgan fingerprint density at radius 3 is 2.19 bits per heavy atom. The van der Waals surface area contributed by atoms with Crippen LogP contribution in [0.2, 0.25) is 0 Å². The SMILES string of the molecule is CNS(=O)(=O)c1ccc(N2CCOCC2)c(C(=O)N2CCN(c3ccc(C(F)(F)F)c(F)c3)CC2)c1. The molecule has 2 saturated heterocycles. The Hall–Kier alpha value is -2.90. The number of amides is 1. The predicted molar refractivity (Wildman–Crippen MR) is 125 cm³/mol. The maximum atomic E-state index is 14.0. The van der Waals surface area contributed by atoms with E-state index in [1.54, 1.807) is 15.9 Å². The average molecular weight is 531 g/mol. The van der Waals surface area contributed by atoms with E-state index in [4.69, 9.17) is 4.74 Å². The molecule has 4 rings (SSSR count). The zero-order valence-corrected chi connectivity index (χ0v) is 20.3. The number of benzene rings is 2. The van der Waals surface area contributed by atoms with E-state index >= 15 is 0 Å². The Morgan fingerprint density at radius 1 is 0.944 bits per heavy atom. The second-order valence-electron chi connectivity index (χ2n) is 8.43. The van der Waals surface area contributed by atoms with Crippen molar-refractivity contribution < 1.29 is 35.5 Å². The summed E-state index contributed by atoms with van der Waals surface area (Å²) in [6, 6.07) is 7.20. The lowest BCUT2D eigenvalue weighted by Crippen LogP contribution is -2.49. The molecule has 0 saturated carbocycles. The van der Waals surface area contributed by atoms with E-state index in [0.29, 0.717) is 43.7 Å². The standard InChI is InChI=1S/C23H26F4N4O4S/c1-28-36(33,34)17-3-5-21(30-10-12-35-13-11-30)18(15-17)22(32)31-8-6-29(7-9-31)16-2-4-19(20(24)14-16)23(25,26)27/h2-5,14-15,28H,6-13H2,1H3. The fourth-order valence-electron chi connectivity index (χ4n) is 4.32. The maximum Gasteiger partial charge on any atom is 0.419 e. The van der Waals surface area contributed by atoms with Gasteiger partial charge < -0.3 is 19.4 Å². The Balaban J connectivity index is 1.54. The molecular formula is C23H26F4N4O4S. The van der Waals surface area contributed by atoms with Crippen LogP contribution in [0, 0.1) is 5.82 Å². The van der Waals surface area contributed by atoms with Gasteiger partial charge in [-0.25, -0.2) is 17.5 Å². The molecule has 0 bridgehead atoms. The van der Waals surface area contributed by atoms with Crippen molar-refractivity contribution >= 4 is 27.3 Å². The predicted octanol–water partition coefficient (Wildman–Crippen LogP) is 2.55. The molecule has 0 unspecified atom stereocenters. The van der Waals surface area contributed by atoms with Crippen LogP contribution in [-0.2, 0) is 20.9 Å². The van der Waals surface area contributed by atoms with Crippen LogP contribution in [-0.4, -0.2) is 78.8 Å². The van der Waals surface area contributed by atoms with Crippen LogP contribution in [0.15, 0.2) is 41.3 Å². The summed E-state index contributed by atoms with van der Waals surface area (Å²) in [7, 11) is -2.50. The molecule has 2 aromatic carbocycles. The summed E-state index contributed by atoms with van der Waals surface area (Å²) < 4.78 is 85.0. The monoisotopic (exact) mass is 530 g/mol. The molecule has 2 heterocycles. The topological polar surface area (TPSA) is 82.2 Å². The van der Waals surface area contributed by atoms with Crippen molar-refractivity contribution in [3.8, 4) is 0 Å². The molecule has 1 N–H and O–H groups in total. The van der Waals surface area contributed by atoms with Crippen molar-refractivity contribution in [1.29, 1.82) is 0 Å². The fourth-order valence-corrected chi connectivity index (χ4v) is 5.08. The normalized spacial score (nSPS) is 17.4. The number of rotatable bonds is 5. The number of morpholine rings is 1. The summed E-state index contributed by atoms with van der Waals surface area (Å²) >= 11 is 0. The van der Waals surface area contributed by atoms with Gasteiger partial charge in [0.25, 0.3) is 5.91 Å². The number of nitrogens with one attached hydrogen (secondary N) is 1.